The molecule has 0 radical (unpaired) electrons. The number of rotatable bonds is 3. The topological polar surface area (TPSA) is 113 Å². The molecule has 3 aliphatic rings. The van der Waals surface area contributed by atoms with Crippen LogP contribution in [-0.4, -0.2) is 37.7 Å². The summed E-state index contributed by atoms with van der Waals surface area (Å²) >= 11 is 1.99. The van der Waals surface area contributed by atoms with E-state index in [0.29, 0.717) is 31.5 Å². The average Bonchev–Trinajstić information content (AvgIpc) is 3.17. The molecule has 9 nitrogen and oxygen atoms in total. The predicted octanol–water partition coefficient (Wildman–Crippen LogP) is 3.18. The van der Waals surface area contributed by atoms with Gasteiger partial charge < -0.3 is 9.84 Å². The van der Waals surface area contributed by atoms with Crippen molar-refractivity contribution < 1.29 is 19.4 Å². The molecule has 0 spiro atoms. The van der Waals surface area contributed by atoms with E-state index in [9.17, 15) is 24.3 Å². The molecule has 0 bridgehead atoms. The summed E-state index contributed by atoms with van der Waals surface area (Å²) in [6, 6.07) is 11.4. The maximum atomic E-state index is 13.7. The molecule has 2 heterocycles. The van der Waals surface area contributed by atoms with Crippen molar-refractivity contribution in [3.8, 4) is 17.2 Å². The van der Waals surface area contributed by atoms with Gasteiger partial charge in [0.05, 0.1) is 29.0 Å². The quantitative estimate of drug-likeness (QED) is 0.273. The highest BCUT2D eigenvalue weighted by atomic mass is 127. The highest BCUT2D eigenvalue weighted by Crippen LogP contribution is 2.51. The Morgan fingerprint density at radius 3 is 2.50 bits per heavy atom. The van der Waals surface area contributed by atoms with Crippen molar-refractivity contribution in [2.45, 2.75) is 31.8 Å². The van der Waals surface area contributed by atoms with E-state index in [4.69, 9.17) is 4.74 Å². The van der Waals surface area contributed by atoms with Gasteiger partial charge in [-0.3, -0.25) is 9.59 Å². The van der Waals surface area contributed by atoms with Gasteiger partial charge in [0.2, 0.25) is 0 Å². The number of halogens is 1. The molecule has 38 heavy (non-hydrogen) atoms. The first-order valence-corrected chi connectivity index (χ1v) is 13.1. The summed E-state index contributed by atoms with van der Waals surface area (Å²) in [5.41, 5.74) is 1.89. The average molecular weight is 623 g/mol. The number of hydrogen-bond donors (Lipinski definition) is 1. The fraction of sp³-hybridized carbons (Fsp3) is 0.214. The zero-order valence-electron chi connectivity index (χ0n) is 20.5. The van der Waals surface area contributed by atoms with Crippen LogP contribution in [0.3, 0.4) is 0 Å². The van der Waals surface area contributed by atoms with Crippen molar-refractivity contribution in [3.05, 3.63) is 107 Å². The number of aromatic hydroxyl groups is 1. The van der Waals surface area contributed by atoms with Crippen molar-refractivity contribution in [3.63, 3.8) is 0 Å². The molecule has 0 amide bonds. The summed E-state index contributed by atoms with van der Waals surface area (Å²) in [6.45, 7) is 1.74. The first-order chi connectivity index (χ1) is 18.2. The number of methoxy groups -OCH3 is 1. The third-order valence-electron chi connectivity index (χ3n) is 7.45. The lowest BCUT2D eigenvalue weighted by molar-refractivity contribution is -0.116. The van der Waals surface area contributed by atoms with Crippen molar-refractivity contribution in [1.29, 1.82) is 0 Å². The van der Waals surface area contributed by atoms with E-state index in [1.54, 1.807) is 49.4 Å². The standard InChI is InChI=1S/C28H22IN3O6/c1-14-10-21(33)18-13-20-17(23(24(18)25(14)34)15-11-19(29)26(35)22(12-15)38-2)8-9-30-27(36)31(28(37)32(20)30)16-6-4-3-5-7-16/h3-8,10-12,20,23,35H,9,13H2,1-2H3/t20-,23+/m1/s1. The van der Waals surface area contributed by atoms with Crippen LogP contribution in [0, 0.1) is 3.57 Å². The molecule has 6 rings (SSSR count). The van der Waals surface area contributed by atoms with E-state index >= 15 is 0 Å². The monoisotopic (exact) mass is 623 g/mol. The molecular formula is C28H22IN3O6. The number of hydrogen-bond acceptors (Lipinski definition) is 6. The minimum atomic E-state index is -0.664. The number of carbonyl (C=O) groups is 2. The molecule has 10 heteroatoms. The van der Waals surface area contributed by atoms with E-state index in [-0.39, 0.29) is 36.0 Å². The van der Waals surface area contributed by atoms with Gasteiger partial charge in [-0.2, -0.15) is 0 Å². The molecule has 0 saturated heterocycles. The Labute approximate surface area is 230 Å². The summed E-state index contributed by atoms with van der Waals surface area (Å²) < 4.78 is 9.81. The maximum absolute atomic E-state index is 13.7. The molecule has 1 N–H and O–H groups in total. The molecule has 0 saturated carbocycles. The number of ether oxygens (including phenoxy) is 1. The second-order valence-electron chi connectivity index (χ2n) is 9.49. The second-order valence-corrected chi connectivity index (χ2v) is 10.6. The van der Waals surface area contributed by atoms with E-state index in [2.05, 4.69) is 0 Å². The van der Waals surface area contributed by atoms with Crippen LogP contribution in [0.1, 0.15) is 30.9 Å². The lowest BCUT2D eigenvalue weighted by Gasteiger charge is -2.39. The molecule has 2 atom stereocenters. The maximum Gasteiger partial charge on any atom is 0.352 e. The Balaban J connectivity index is 1.61. The molecule has 1 aliphatic heterocycles. The van der Waals surface area contributed by atoms with Gasteiger partial charge in [0.15, 0.2) is 23.1 Å². The van der Waals surface area contributed by atoms with Crippen molar-refractivity contribution >= 4 is 34.2 Å². The van der Waals surface area contributed by atoms with Gasteiger partial charge in [0.25, 0.3) is 0 Å². The number of ketones is 2. The van der Waals surface area contributed by atoms with Crippen LogP contribution in [0.4, 0.5) is 0 Å². The summed E-state index contributed by atoms with van der Waals surface area (Å²) in [7, 11) is 1.44. The molecule has 192 valence electrons. The SMILES string of the molecule is COc1cc([C@H]2C3=CCn4c(=O)n(-c5ccccc5)c(=O)n4[C@@H]3CC3=C2C(=O)C(C)=CC3=O)cc(I)c1O. The van der Waals surface area contributed by atoms with Crippen LogP contribution in [0.15, 0.2) is 86.5 Å². The first kappa shape index (κ1) is 24.4. The van der Waals surface area contributed by atoms with Gasteiger partial charge in [-0.25, -0.2) is 23.5 Å². The Kier molecular flexibility index (Phi) is 5.67. The van der Waals surface area contributed by atoms with Gasteiger partial charge in [0, 0.05) is 29.1 Å². The highest BCUT2D eigenvalue weighted by Gasteiger charge is 2.45. The molecule has 2 aliphatic carbocycles. The predicted molar refractivity (Wildman–Crippen MR) is 147 cm³/mol. The second kappa shape index (κ2) is 8.83. The third kappa shape index (κ3) is 3.43. The van der Waals surface area contributed by atoms with Crippen LogP contribution in [-0.2, 0) is 16.1 Å². The molecule has 0 fully saturated rings. The third-order valence-corrected chi connectivity index (χ3v) is 8.27. The largest absolute Gasteiger partial charge is 0.504 e. The number of phenols is 1. The Morgan fingerprint density at radius 2 is 1.79 bits per heavy atom. The molecule has 2 aromatic carbocycles. The summed E-state index contributed by atoms with van der Waals surface area (Å²) in [4.78, 5) is 53.8. The fourth-order valence-electron chi connectivity index (χ4n) is 5.73. The van der Waals surface area contributed by atoms with Gasteiger partial charge in [0.1, 0.15) is 0 Å². The zero-order valence-corrected chi connectivity index (χ0v) is 22.6. The normalized spacial score (nSPS) is 20.4. The van der Waals surface area contributed by atoms with Crippen LogP contribution in [0.25, 0.3) is 5.69 Å². The molecule has 0 unspecified atom stereocenters. The van der Waals surface area contributed by atoms with Crippen molar-refractivity contribution in [1.82, 2.24) is 13.9 Å². The summed E-state index contributed by atoms with van der Waals surface area (Å²) in [6.07, 6.45) is 3.31. The van der Waals surface area contributed by atoms with E-state index in [1.807, 2.05) is 28.7 Å². The molecule has 1 aromatic heterocycles. The number of benzene rings is 2. The van der Waals surface area contributed by atoms with E-state index < -0.39 is 23.3 Å². The van der Waals surface area contributed by atoms with Crippen molar-refractivity contribution in [2.75, 3.05) is 7.11 Å². The number of nitrogens with zero attached hydrogens (tertiary/aromatic N) is 3. The van der Waals surface area contributed by atoms with Gasteiger partial charge in [-0.1, -0.05) is 24.3 Å². The summed E-state index contributed by atoms with van der Waals surface area (Å²) in [5.74, 6) is -0.968. The highest BCUT2D eigenvalue weighted by molar-refractivity contribution is 14.1. The van der Waals surface area contributed by atoms with Crippen LogP contribution >= 0.6 is 22.6 Å². The number of fused-ring (bicyclic) bond motifs is 3. The minimum absolute atomic E-state index is 0.0249. The minimum Gasteiger partial charge on any atom is -0.504 e. The number of phenolic OH excluding ortho intramolecular Hbond substituents is 1. The lowest BCUT2D eigenvalue weighted by Crippen LogP contribution is -2.40. The number of para-hydroxylation sites is 1. The smallest absolute Gasteiger partial charge is 0.352 e. The number of aromatic nitrogens is 3. The Bertz CT molecular complexity index is 1770. The van der Waals surface area contributed by atoms with Crippen LogP contribution in [0.5, 0.6) is 11.5 Å². The zero-order chi connectivity index (χ0) is 26.9. The van der Waals surface area contributed by atoms with Crippen LogP contribution in [0.2, 0.25) is 0 Å². The number of allylic oxidation sites excluding steroid dienone is 6. The van der Waals surface area contributed by atoms with Crippen molar-refractivity contribution in [2.24, 2.45) is 0 Å². The Morgan fingerprint density at radius 1 is 1.05 bits per heavy atom. The fourth-order valence-corrected chi connectivity index (χ4v) is 6.35. The number of Topliss-reactive ketones (excluding diaryl/α,β-unsaturated/α-hetero) is 1. The summed E-state index contributed by atoms with van der Waals surface area (Å²) in [5, 5.41) is 10.5. The Hall–Kier alpha value is -3.93. The number of carbonyl (C=O) groups excluding carboxylic acids is 2. The van der Waals surface area contributed by atoms with Gasteiger partial charge in [-0.05, 0) is 71.0 Å². The lowest BCUT2D eigenvalue weighted by atomic mass is 9.68. The van der Waals surface area contributed by atoms with E-state index in [1.165, 1.54) is 22.5 Å². The van der Waals surface area contributed by atoms with E-state index in [0.717, 1.165) is 10.1 Å². The molecular weight excluding hydrogens is 601 g/mol. The first-order valence-electron chi connectivity index (χ1n) is 12.0. The molecule has 3 aromatic rings. The van der Waals surface area contributed by atoms with Crippen LogP contribution < -0.4 is 16.1 Å². The van der Waals surface area contributed by atoms with Gasteiger partial charge >= 0.3 is 11.4 Å². The van der Waals surface area contributed by atoms with Gasteiger partial charge in [-0.15, -0.1) is 0 Å².